The van der Waals surface area contributed by atoms with Crippen molar-refractivity contribution in [2.75, 3.05) is 45.6 Å². The smallest absolute Gasteiger partial charge is 0.257 e. The number of likely N-dealkylation sites (N-methyl/N-ethyl adjacent to an activating group) is 1. The summed E-state index contributed by atoms with van der Waals surface area (Å²) in [6.07, 6.45) is 4.22. The molecular weight excluding hydrogens is 252 g/mol. The normalized spacial score (nSPS) is 15.3. The van der Waals surface area contributed by atoms with Gasteiger partial charge in [0.1, 0.15) is 0 Å². The van der Waals surface area contributed by atoms with Gasteiger partial charge in [0.2, 0.25) is 0 Å². The number of aromatic nitrogens is 1. The van der Waals surface area contributed by atoms with Gasteiger partial charge in [-0.05, 0) is 38.9 Å². The van der Waals surface area contributed by atoms with E-state index >= 15 is 0 Å². The third-order valence-electron chi connectivity index (χ3n) is 3.84. The molecule has 5 heteroatoms. The van der Waals surface area contributed by atoms with Gasteiger partial charge in [0.25, 0.3) is 5.91 Å². The van der Waals surface area contributed by atoms with Crippen LogP contribution in [-0.4, -0.2) is 61.0 Å². The predicted molar refractivity (Wildman–Crippen MR) is 81.2 cm³/mol. The third-order valence-corrected chi connectivity index (χ3v) is 3.84. The molecule has 1 aliphatic rings. The van der Waals surface area contributed by atoms with Gasteiger partial charge < -0.3 is 15.1 Å². The van der Waals surface area contributed by atoms with Crippen LogP contribution in [0.25, 0.3) is 0 Å². The zero-order valence-corrected chi connectivity index (χ0v) is 12.6. The fraction of sp³-hybridized carbons (Fsp3) is 0.600. The van der Waals surface area contributed by atoms with Gasteiger partial charge in [-0.2, -0.15) is 0 Å². The SMILES string of the molecule is CNc1cc(C)ncc1C(=O)N(C)CCN1CCCC1. The Bertz CT molecular complexity index is 469. The minimum absolute atomic E-state index is 0.0287. The molecule has 1 aromatic rings. The Morgan fingerprint density at radius 3 is 2.80 bits per heavy atom. The number of rotatable bonds is 5. The van der Waals surface area contributed by atoms with Crippen molar-refractivity contribution in [3.05, 3.63) is 23.5 Å². The quantitative estimate of drug-likeness (QED) is 0.887. The lowest BCUT2D eigenvalue weighted by Crippen LogP contribution is -2.35. The fourth-order valence-corrected chi connectivity index (χ4v) is 2.54. The van der Waals surface area contributed by atoms with E-state index in [1.165, 1.54) is 12.8 Å². The molecule has 2 rings (SSSR count). The van der Waals surface area contributed by atoms with Crippen molar-refractivity contribution in [3.8, 4) is 0 Å². The number of carbonyl (C=O) groups is 1. The lowest BCUT2D eigenvalue weighted by molar-refractivity contribution is 0.0783. The van der Waals surface area contributed by atoms with Crippen molar-refractivity contribution in [1.82, 2.24) is 14.8 Å². The van der Waals surface area contributed by atoms with E-state index in [1.54, 1.807) is 11.1 Å². The minimum Gasteiger partial charge on any atom is -0.387 e. The summed E-state index contributed by atoms with van der Waals surface area (Å²) in [4.78, 5) is 20.9. The van der Waals surface area contributed by atoms with Crippen LogP contribution in [0.5, 0.6) is 0 Å². The second-order valence-electron chi connectivity index (χ2n) is 5.40. The molecule has 0 saturated carbocycles. The number of hydrogen-bond acceptors (Lipinski definition) is 4. The van der Waals surface area contributed by atoms with Crippen molar-refractivity contribution >= 4 is 11.6 Å². The van der Waals surface area contributed by atoms with E-state index in [9.17, 15) is 4.79 Å². The van der Waals surface area contributed by atoms with Crippen molar-refractivity contribution < 1.29 is 4.79 Å². The van der Waals surface area contributed by atoms with Gasteiger partial charge in [-0.1, -0.05) is 0 Å². The fourth-order valence-electron chi connectivity index (χ4n) is 2.54. The molecule has 1 amide bonds. The summed E-state index contributed by atoms with van der Waals surface area (Å²) in [5.74, 6) is 0.0287. The van der Waals surface area contributed by atoms with E-state index < -0.39 is 0 Å². The molecule has 0 spiro atoms. The molecule has 1 aromatic heterocycles. The number of nitrogens with one attached hydrogen (secondary N) is 1. The summed E-state index contributed by atoms with van der Waals surface area (Å²) in [6.45, 7) is 5.96. The first-order chi connectivity index (χ1) is 9.61. The summed E-state index contributed by atoms with van der Waals surface area (Å²) in [5, 5.41) is 3.07. The Labute approximate surface area is 121 Å². The van der Waals surface area contributed by atoms with E-state index in [0.717, 1.165) is 37.6 Å². The van der Waals surface area contributed by atoms with E-state index in [1.807, 2.05) is 27.1 Å². The lowest BCUT2D eigenvalue weighted by atomic mass is 10.2. The summed E-state index contributed by atoms with van der Waals surface area (Å²) in [7, 11) is 3.69. The van der Waals surface area contributed by atoms with Crippen molar-refractivity contribution in [2.45, 2.75) is 19.8 Å². The first-order valence-electron chi connectivity index (χ1n) is 7.24. The van der Waals surface area contributed by atoms with Gasteiger partial charge >= 0.3 is 0 Å². The molecule has 2 heterocycles. The number of aryl methyl sites for hydroxylation is 1. The van der Waals surface area contributed by atoms with Crippen LogP contribution in [0.15, 0.2) is 12.3 Å². The zero-order chi connectivity index (χ0) is 14.5. The molecule has 0 bridgehead atoms. The molecule has 1 N–H and O–H groups in total. The molecule has 1 aliphatic heterocycles. The monoisotopic (exact) mass is 276 g/mol. The van der Waals surface area contributed by atoms with E-state index in [-0.39, 0.29) is 5.91 Å². The van der Waals surface area contributed by atoms with Crippen LogP contribution < -0.4 is 5.32 Å². The Hall–Kier alpha value is -1.62. The highest BCUT2D eigenvalue weighted by molar-refractivity contribution is 5.99. The van der Waals surface area contributed by atoms with Gasteiger partial charge in [0.05, 0.1) is 11.3 Å². The van der Waals surface area contributed by atoms with Crippen LogP contribution in [0, 0.1) is 6.92 Å². The van der Waals surface area contributed by atoms with Crippen LogP contribution in [0.1, 0.15) is 28.9 Å². The maximum atomic E-state index is 12.5. The van der Waals surface area contributed by atoms with E-state index in [4.69, 9.17) is 0 Å². The Morgan fingerprint density at radius 1 is 1.45 bits per heavy atom. The second kappa shape index (κ2) is 6.70. The minimum atomic E-state index is 0.0287. The highest BCUT2D eigenvalue weighted by Gasteiger charge is 2.18. The molecule has 0 aliphatic carbocycles. The van der Waals surface area contributed by atoms with E-state index in [2.05, 4.69) is 15.2 Å². The maximum absolute atomic E-state index is 12.5. The number of hydrogen-bond donors (Lipinski definition) is 1. The van der Waals surface area contributed by atoms with Crippen molar-refractivity contribution in [2.24, 2.45) is 0 Å². The maximum Gasteiger partial charge on any atom is 0.257 e. The molecule has 1 fully saturated rings. The number of pyridine rings is 1. The number of amides is 1. The zero-order valence-electron chi connectivity index (χ0n) is 12.6. The van der Waals surface area contributed by atoms with Gasteiger partial charge in [-0.15, -0.1) is 0 Å². The molecule has 0 unspecified atom stereocenters. The third kappa shape index (κ3) is 3.48. The first kappa shape index (κ1) is 14.8. The second-order valence-corrected chi connectivity index (χ2v) is 5.40. The Kier molecular flexibility index (Phi) is 4.95. The molecule has 20 heavy (non-hydrogen) atoms. The predicted octanol–water partition coefficient (Wildman–Crippen LogP) is 1.60. The summed E-state index contributed by atoms with van der Waals surface area (Å²) < 4.78 is 0. The largest absolute Gasteiger partial charge is 0.387 e. The van der Waals surface area contributed by atoms with Crippen LogP contribution in [0.2, 0.25) is 0 Å². The van der Waals surface area contributed by atoms with Crippen LogP contribution in [-0.2, 0) is 0 Å². The number of likely N-dealkylation sites (tertiary alicyclic amines) is 1. The number of nitrogens with zero attached hydrogens (tertiary/aromatic N) is 3. The van der Waals surface area contributed by atoms with Gasteiger partial charge in [-0.25, -0.2) is 0 Å². The van der Waals surface area contributed by atoms with Gasteiger partial charge in [-0.3, -0.25) is 9.78 Å². The molecule has 1 saturated heterocycles. The molecule has 0 atom stereocenters. The number of anilines is 1. The van der Waals surface area contributed by atoms with E-state index in [0.29, 0.717) is 5.56 Å². The van der Waals surface area contributed by atoms with Crippen LogP contribution >= 0.6 is 0 Å². The van der Waals surface area contributed by atoms with Gasteiger partial charge in [0.15, 0.2) is 0 Å². The standard InChI is InChI=1S/C15H24N4O/c1-12-10-14(16-2)13(11-17-12)15(20)18(3)8-9-19-6-4-5-7-19/h10-11H,4-9H2,1-3H3,(H,16,17). The first-order valence-corrected chi connectivity index (χ1v) is 7.24. The number of carbonyl (C=O) groups excluding carboxylic acids is 1. The molecule has 0 aromatic carbocycles. The van der Waals surface area contributed by atoms with Crippen molar-refractivity contribution in [3.63, 3.8) is 0 Å². The Morgan fingerprint density at radius 2 is 2.15 bits per heavy atom. The topological polar surface area (TPSA) is 48.5 Å². The average Bonchev–Trinajstić information content (AvgIpc) is 2.97. The Balaban J connectivity index is 1.98. The average molecular weight is 276 g/mol. The molecular formula is C15H24N4O. The van der Waals surface area contributed by atoms with Crippen LogP contribution in [0.4, 0.5) is 5.69 Å². The van der Waals surface area contributed by atoms with Crippen LogP contribution in [0.3, 0.4) is 0 Å². The summed E-state index contributed by atoms with van der Waals surface area (Å²) in [5.41, 5.74) is 2.39. The summed E-state index contributed by atoms with van der Waals surface area (Å²) in [6, 6.07) is 1.90. The van der Waals surface area contributed by atoms with Crippen molar-refractivity contribution in [1.29, 1.82) is 0 Å². The lowest BCUT2D eigenvalue weighted by Gasteiger charge is -2.22. The highest BCUT2D eigenvalue weighted by atomic mass is 16.2. The molecule has 5 nitrogen and oxygen atoms in total. The summed E-state index contributed by atoms with van der Waals surface area (Å²) >= 11 is 0. The highest BCUT2D eigenvalue weighted by Crippen LogP contribution is 2.17. The van der Waals surface area contributed by atoms with Gasteiger partial charge in [0, 0.05) is 39.1 Å². The molecule has 0 radical (unpaired) electrons. The molecule has 110 valence electrons.